The van der Waals surface area contributed by atoms with Crippen LogP contribution in [-0.2, 0) is 26.2 Å². The third-order valence-electron chi connectivity index (χ3n) is 7.22. The number of carbonyl (C=O) groups excluding carboxylic acids is 1. The predicted octanol–water partition coefficient (Wildman–Crippen LogP) is 5.06. The number of alkyl halides is 3. The van der Waals surface area contributed by atoms with Gasteiger partial charge in [-0.2, -0.15) is 23.5 Å². The fourth-order valence-corrected chi connectivity index (χ4v) is 5.57. The van der Waals surface area contributed by atoms with Gasteiger partial charge in [-0.25, -0.2) is 4.98 Å². The number of hydrogen-bond donors (Lipinski definition) is 0. The van der Waals surface area contributed by atoms with E-state index >= 15 is 0 Å². The van der Waals surface area contributed by atoms with Crippen molar-refractivity contribution in [3.63, 3.8) is 0 Å². The van der Waals surface area contributed by atoms with E-state index < -0.39 is 23.8 Å². The van der Waals surface area contributed by atoms with Crippen molar-refractivity contribution in [2.45, 2.75) is 25.2 Å². The van der Waals surface area contributed by atoms with Crippen LogP contribution in [-0.4, -0.2) is 37.3 Å². The molecule has 0 fully saturated rings. The maximum atomic E-state index is 14.3. The van der Waals surface area contributed by atoms with Gasteiger partial charge in [-0.3, -0.25) is 19.4 Å². The van der Waals surface area contributed by atoms with Gasteiger partial charge in [-0.05, 0) is 30.2 Å². The van der Waals surface area contributed by atoms with Gasteiger partial charge in [0.15, 0.2) is 5.69 Å². The minimum absolute atomic E-state index is 0.0957. The fraction of sp³-hybridized carbons (Fsp3) is 0.207. The topological polar surface area (TPSA) is 102 Å². The second kappa shape index (κ2) is 9.78. The number of benzene rings is 2. The number of carbonyl (C=O) groups is 1. The third kappa shape index (κ3) is 4.26. The average molecular weight is 558 g/mol. The first-order valence-corrected chi connectivity index (χ1v) is 12.6. The number of aromatic nitrogens is 5. The Morgan fingerprint density at radius 1 is 1.17 bits per heavy atom. The SMILES string of the molecule is COc1c(Cn2ccnc2)c(C#N)c2ncccc2c1N1C(=O)c2ccccc2CC1c1cn(C)nc1C(F)(F)F. The summed E-state index contributed by atoms with van der Waals surface area (Å²) in [5.74, 6) is -0.318. The molecule has 41 heavy (non-hydrogen) atoms. The van der Waals surface area contributed by atoms with E-state index in [9.17, 15) is 23.2 Å². The molecule has 0 N–H and O–H groups in total. The molecule has 2 aromatic carbocycles. The summed E-state index contributed by atoms with van der Waals surface area (Å²) >= 11 is 0. The standard InChI is InChI=1S/C29H22F3N7O2/c1-37-14-22(27(36-37)29(30,31)32)23-12-17-6-3-4-7-18(17)28(40)39(23)25-19-8-5-9-35-24(19)20(13-33)21(26(25)41-2)15-38-11-10-34-16-38/h3-11,14,16,23H,12,15H2,1-2H3. The highest BCUT2D eigenvalue weighted by molar-refractivity contribution is 6.15. The van der Waals surface area contributed by atoms with Crippen LogP contribution in [0.1, 0.15) is 44.3 Å². The zero-order valence-electron chi connectivity index (χ0n) is 21.9. The van der Waals surface area contributed by atoms with Crippen molar-refractivity contribution in [3.8, 4) is 11.8 Å². The van der Waals surface area contributed by atoms with Gasteiger partial charge in [0.25, 0.3) is 5.91 Å². The number of nitrogens with zero attached hydrogens (tertiary/aromatic N) is 7. The summed E-state index contributed by atoms with van der Waals surface area (Å²) in [6, 6.07) is 11.3. The molecular formula is C29H22F3N7O2. The number of halogens is 3. The molecule has 1 unspecified atom stereocenters. The first-order valence-electron chi connectivity index (χ1n) is 12.6. The summed E-state index contributed by atoms with van der Waals surface area (Å²) in [6.07, 6.45) is 3.02. The smallest absolute Gasteiger partial charge is 0.435 e. The van der Waals surface area contributed by atoms with Crippen LogP contribution in [0.3, 0.4) is 0 Å². The van der Waals surface area contributed by atoms with Crippen LogP contribution in [0, 0.1) is 11.3 Å². The van der Waals surface area contributed by atoms with E-state index in [1.165, 1.54) is 31.5 Å². The van der Waals surface area contributed by atoms with Crippen LogP contribution >= 0.6 is 0 Å². The number of nitriles is 1. The lowest BCUT2D eigenvalue weighted by atomic mass is 9.87. The third-order valence-corrected chi connectivity index (χ3v) is 7.22. The largest absolute Gasteiger partial charge is 0.494 e. The molecule has 1 aliphatic rings. The van der Waals surface area contributed by atoms with Crippen molar-refractivity contribution in [2.24, 2.45) is 7.05 Å². The fourth-order valence-electron chi connectivity index (χ4n) is 5.57. The molecule has 206 valence electrons. The molecule has 1 amide bonds. The number of imidazole rings is 1. The van der Waals surface area contributed by atoms with Gasteiger partial charge in [-0.15, -0.1) is 0 Å². The van der Waals surface area contributed by atoms with Crippen molar-refractivity contribution in [3.05, 3.63) is 101 Å². The molecule has 0 radical (unpaired) electrons. The zero-order chi connectivity index (χ0) is 28.9. The molecule has 3 aromatic heterocycles. The van der Waals surface area contributed by atoms with Gasteiger partial charge in [-0.1, -0.05) is 18.2 Å². The van der Waals surface area contributed by atoms with Crippen LogP contribution in [0.25, 0.3) is 10.9 Å². The number of ether oxygens (including phenoxy) is 1. The van der Waals surface area contributed by atoms with E-state index in [0.29, 0.717) is 27.6 Å². The number of rotatable bonds is 5. The summed E-state index contributed by atoms with van der Waals surface area (Å²) in [6.45, 7) is 0.148. The molecule has 0 spiro atoms. The van der Waals surface area contributed by atoms with E-state index in [2.05, 4.69) is 21.1 Å². The Morgan fingerprint density at radius 2 is 1.98 bits per heavy atom. The van der Waals surface area contributed by atoms with E-state index in [1.807, 2.05) is 0 Å². The minimum Gasteiger partial charge on any atom is -0.494 e. The number of amides is 1. The number of pyridine rings is 1. The van der Waals surface area contributed by atoms with E-state index in [1.54, 1.807) is 59.7 Å². The van der Waals surface area contributed by atoms with Crippen molar-refractivity contribution < 1.29 is 22.7 Å². The first-order chi connectivity index (χ1) is 19.7. The number of aryl methyl sites for hydroxylation is 1. The molecule has 1 aliphatic heterocycles. The predicted molar refractivity (Wildman–Crippen MR) is 142 cm³/mol. The monoisotopic (exact) mass is 557 g/mol. The number of methoxy groups -OCH3 is 1. The second-order valence-corrected chi connectivity index (χ2v) is 9.64. The highest BCUT2D eigenvalue weighted by atomic mass is 19.4. The van der Waals surface area contributed by atoms with Crippen molar-refractivity contribution >= 4 is 22.5 Å². The average Bonchev–Trinajstić information content (AvgIpc) is 3.62. The van der Waals surface area contributed by atoms with E-state index in [0.717, 1.165) is 4.68 Å². The second-order valence-electron chi connectivity index (χ2n) is 9.64. The molecule has 0 saturated heterocycles. The Hall–Kier alpha value is -5.18. The van der Waals surface area contributed by atoms with E-state index in [-0.39, 0.29) is 35.5 Å². The molecule has 6 rings (SSSR count). The Morgan fingerprint density at radius 3 is 2.68 bits per heavy atom. The van der Waals surface area contributed by atoms with Crippen LogP contribution in [0.4, 0.5) is 18.9 Å². The van der Waals surface area contributed by atoms with Gasteiger partial charge in [0.1, 0.15) is 11.8 Å². The van der Waals surface area contributed by atoms with Gasteiger partial charge in [0, 0.05) is 53.9 Å². The van der Waals surface area contributed by atoms with Crippen molar-refractivity contribution in [1.29, 1.82) is 5.26 Å². The highest BCUT2D eigenvalue weighted by Gasteiger charge is 2.45. The number of hydrogen-bond acceptors (Lipinski definition) is 6. The molecule has 0 aliphatic carbocycles. The van der Waals surface area contributed by atoms with Crippen LogP contribution in [0.15, 0.2) is 67.5 Å². The molecule has 0 saturated carbocycles. The summed E-state index contributed by atoms with van der Waals surface area (Å²) in [5.41, 5.74) is 0.929. The van der Waals surface area contributed by atoms with Gasteiger partial charge >= 0.3 is 6.18 Å². The zero-order valence-corrected chi connectivity index (χ0v) is 21.9. The van der Waals surface area contributed by atoms with E-state index in [4.69, 9.17) is 4.74 Å². The summed E-state index contributed by atoms with van der Waals surface area (Å²) in [7, 11) is 2.81. The first kappa shape index (κ1) is 26.1. The Labute approximate surface area is 232 Å². The quantitative estimate of drug-likeness (QED) is 0.300. The van der Waals surface area contributed by atoms with Crippen LogP contribution in [0.2, 0.25) is 0 Å². The molecule has 0 bridgehead atoms. The lowest BCUT2D eigenvalue weighted by Gasteiger charge is -2.38. The number of fused-ring (bicyclic) bond motifs is 2. The molecular weight excluding hydrogens is 535 g/mol. The maximum Gasteiger partial charge on any atom is 0.435 e. The molecule has 9 nitrogen and oxygen atoms in total. The summed E-state index contributed by atoms with van der Waals surface area (Å²) < 4.78 is 51.5. The molecule has 12 heteroatoms. The van der Waals surface area contributed by atoms with Gasteiger partial charge in [0.05, 0.1) is 42.8 Å². The number of anilines is 1. The van der Waals surface area contributed by atoms with Crippen LogP contribution < -0.4 is 9.64 Å². The van der Waals surface area contributed by atoms with Gasteiger partial charge in [0.2, 0.25) is 0 Å². The Balaban J connectivity index is 1.70. The highest BCUT2D eigenvalue weighted by Crippen LogP contribution is 2.49. The lowest BCUT2D eigenvalue weighted by molar-refractivity contribution is -0.142. The maximum absolute atomic E-state index is 14.3. The summed E-state index contributed by atoms with van der Waals surface area (Å²) in [4.78, 5) is 24.2. The Bertz CT molecular complexity index is 1840. The molecule has 4 heterocycles. The molecule has 5 aromatic rings. The van der Waals surface area contributed by atoms with Crippen molar-refractivity contribution in [1.82, 2.24) is 24.3 Å². The normalized spacial score (nSPS) is 15.2. The van der Waals surface area contributed by atoms with Crippen LogP contribution in [0.5, 0.6) is 5.75 Å². The minimum atomic E-state index is -4.76. The molecule has 1 atom stereocenters. The summed E-state index contributed by atoms with van der Waals surface area (Å²) in [5, 5.41) is 14.3. The lowest BCUT2D eigenvalue weighted by Crippen LogP contribution is -2.41. The van der Waals surface area contributed by atoms with Crippen molar-refractivity contribution in [2.75, 3.05) is 12.0 Å². The Kier molecular flexibility index (Phi) is 6.22. The van der Waals surface area contributed by atoms with Gasteiger partial charge < -0.3 is 9.30 Å².